The van der Waals surface area contributed by atoms with Crippen LogP contribution in [0.3, 0.4) is 0 Å². The third-order valence-corrected chi connectivity index (χ3v) is 0.327. The Morgan fingerprint density at radius 2 is 1.57 bits per heavy atom. The minimum absolute atomic E-state index is 1.76. The lowest BCUT2D eigenvalue weighted by molar-refractivity contribution is -0.119. The van der Waals surface area contributed by atoms with E-state index in [1.54, 1.807) is 0 Å². The first-order valence-electron chi connectivity index (χ1n) is 1.39. The van der Waals surface area contributed by atoms with Crippen molar-refractivity contribution in [3.63, 3.8) is 0 Å². The maximum absolute atomic E-state index is 10.8. The van der Waals surface area contributed by atoms with Gasteiger partial charge in [0.15, 0.2) is 5.76 Å². The highest BCUT2D eigenvalue weighted by molar-refractivity contribution is 4.87. The lowest BCUT2D eigenvalue weighted by Crippen LogP contribution is -2.09. The second-order valence-corrected chi connectivity index (χ2v) is 0.944. The molecule has 0 spiro atoms. The van der Waals surface area contributed by atoms with E-state index in [-0.39, 0.29) is 0 Å². The number of aliphatic hydroxyl groups is 1. The van der Waals surface area contributed by atoms with Crippen LogP contribution in [0.4, 0.5) is 13.2 Å². The van der Waals surface area contributed by atoms with Crippen molar-refractivity contribution in [1.82, 2.24) is 0 Å². The molecule has 0 bridgehead atoms. The van der Waals surface area contributed by atoms with Gasteiger partial charge in [0.2, 0.25) is 0 Å². The van der Waals surface area contributed by atoms with Crippen molar-refractivity contribution in [3.8, 4) is 0 Å². The van der Waals surface area contributed by atoms with Gasteiger partial charge in [-0.25, -0.2) is 0 Å². The zero-order valence-electron chi connectivity index (χ0n) is 3.29. The van der Waals surface area contributed by atoms with E-state index in [0.717, 1.165) is 0 Å². The summed E-state index contributed by atoms with van der Waals surface area (Å²) in [5, 5.41) is 7.57. The van der Waals surface area contributed by atoms with Gasteiger partial charge in [-0.1, -0.05) is 6.58 Å². The van der Waals surface area contributed by atoms with Gasteiger partial charge in [0.1, 0.15) is 0 Å². The zero-order chi connectivity index (χ0) is 6.08. The van der Waals surface area contributed by atoms with Crippen molar-refractivity contribution in [2.75, 3.05) is 0 Å². The van der Waals surface area contributed by atoms with E-state index < -0.39 is 11.9 Å². The molecule has 0 aliphatic heterocycles. The lowest BCUT2D eigenvalue weighted by Gasteiger charge is -1.99. The predicted molar refractivity (Wildman–Crippen MR) is 17.8 cm³/mol. The number of aliphatic hydroxyl groups excluding tert-OH is 1. The SMILES string of the molecule is C=C(O)C(F)(F)F. The van der Waals surface area contributed by atoms with Gasteiger partial charge in [-0.05, 0) is 0 Å². The first-order valence-corrected chi connectivity index (χ1v) is 1.39. The number of halogens is 3. The molecule has 0 aliphatic carbocycles. The minimum atomic E-state index is -4.64. The third-order valence-electron chi connectivity index (χ3n) is 0.327. The van der Waals surface area contributed by atoms with Crippen molar-refractivity contribution in [2.45, 2.75) is 6.18 Å². The van der Waals surface area contributed by atoms with Crippen molar-refractivity contribution >= 4 is 0 Å². The average molecular weight is 112 g/mol. The molecule has 0 aromatic heterocycles. The molecule has 0 saturated carbocycles. The number of hydrogen-bond donors (Lipinski definition) is 1. The Morgan fingerprint density at radius 1 is 1.43 bits per heavy atom. The van der Waals surface area contributed by atoms with Crippen LogP contribution in [0.2, 0.25) is 0 Å². The summed E-state index contributed by atoms with van der Waals surface area (Å²) in [6.07, 6.45) is -4.64. The fourth-order valence-electron chi connectivity index (χ4n) is 0. The lowest BCUT2D eigenvalue weighted by atomic mass is 10.6. The first-order chi connectivity index (χ1) is 2.94. The maximum Gasteiger partial charge on any atom is 0.448 e. The Hall–Kier alpha value is -0.670. The molecule has 0 heterocycles. The van der Waals surface area contributed by atoms with E-state index in [2.05, 4.69) is 6.58 Å². The molecule has 0 amide bonds. The summed E-state index contributed by atoms with van der Waals surface area (Å²) < 4.78 is 32.5. The summed E-state index contributed by atoms with van der Waals surface area (Å²) in [5.41, 5.74) is 0. The van der Waals surface area contributed by atoms with Crippen molar-refractivity contribution in [1.29, 1.82) is 0 Å². The van der Waals surface area contributed by atoms with Crippen molar-refractivity contribution in [3.05, 3.63) is 12.3 Å². The highest BCUT2D eigenvalue weighted by atomic mass is 19.4. The van der Waals surface area contributed by atoms with Crippen LogP contribution in [0, 0.1) is 0 Å². The molecule has 0 aromatic rings. The highest BCUT2D eigenvalue weighted by Gasteiger charge is 2.31. The number of hydrogen-bond acceptors (Lipinski definition) is 1. The molecule has 0 aliphatic rings. The second kappa shape index (κ2) is 1.44. The Morgan fingerprint density at radius 3 is 1.57 bits per heavy atom. The maximum atomic E-state index is 10.8. The molecule has 0 radical (unpaired) electrons. The molecule has 4 heteroatoms. The summed E-state index contributed by atoms with van der Waals surface area (Å²) in [5.74, 6) is -1.76. The summed E-state index contributed by atoms with van der Waals surface area (Å²) in [6.45, 7) is 2.26. The van der Waals surface area contributed by atoms with Crippen molar-refractivity contribution in [2.24, 2.45) is 0 Å². The van der Waals surface area contributed by atoms with Crippen LogP contribution in [-0.4, -0.2) is 11.3 Å². The van der Waals surface area contributed by atoms with E-state index >= 15 is 0 Å². The molecule has 1 N–H and O–H groups in total. The largest absolute Gasteiger partial charge is 0.505 e. The van der Waals surface area contributed by atoms with E-state index in [1.165, 1.54) is 0 Å². The third kappa shape index (κ3) is 2.08. The fraction of sp³-hybridized carbons (Fsp3) is 0.333. The zero-order valence-corrected chi connectivity index (χ0v) is 3.29. The van der Waals surface area contributed by atoms with E-state index in [4.69, 9.17) is 5.11 Å². The van der Waals surface area contributed by atoms with Gasteiger partial charge >= 0.3 is 6.18 Å². The van der Waals surface area contributed by atoms with Gasteiger partial charge in [-0.3, -0.25) is 0 Å². The van der Waals surface area contributed by atoms with E-state index in [9.17, 15) is 13.2 Å². The molecule has 0 atom stereocenters. The molecular formula is C3H3F3O. The van der Waals surface area contributed by atoms with Crippen LogP contribution in [0.1, 0.15) is 0 Å². The molecule has 0 unspecified atom stereocenters. The van der Waals surface area contributed by atoms with Gasteiger partial charge in [-0.2, -0.15) is 13.2 Å². The molecule has 0 saturated heterocycles. The predicted octanol–water partition coefficient (Wildman–Crippen LogP) is 1.62. The van der Waals surface area contributed by atoms with Crippen LogP contribution in [0.5, 0.6) is 0 Å². The van der Waals surface area contributed by atoms with Crippen LogP contribution >= 0.6 is 0 Å². The number of allylic oxidation sites excluding steroid dienone is 1. The molecule has 0 rings (SSSR count). The van der Waals surface area contributed by atoms with Gasteiger partial charge in [-0.15, -0.1) is 0 Å². The van der Waals surface area contributed by atoms with Crippen LogP contribution < -0.4 is 0 Å². The van der Waals surface area contributed by atoms with Gasteiger partial charge in [0, 0.05) is 0 Å². The van der Waals surface area contributed by atoms with Gasteiger partial charge in [0.25, 0.3) is 0 Å². The summed E-state index contributed by atoms with van der Waals surface area (Å²) in [6, 6.07) is 0. The Labute approximate surface area is 38.1 Å². The fourth-order valence-corrected chi connectivity index (χ4v) is 0. The van der Waals surface area contributed by atoms with E-state index in [1.807, 2.05) is 0 Å². The molecular weight excluding hydrogens is 109 g/mol. The Kier molecular flexibility index (Phi) is 1.30. The topological polar surface area (TPSA) is 20.2 Å². The van der Waals surface area contributed by atoms with Crippen LogP contribution in [0.25, 0.3) is 0 Å². The standard InChI is InChI=1S/C3H3F3O/c1-2(7)3(4,5)6/h7H,1H2. The number of alkyl halides is 3. The van der Waals surface area contributed by atoms with Crippen molar-refractivity contribution < 1.29 is 18.3 Å². The summed E-state index contributed by atoms with van der Waals surface area (Å²) in [7, 11) is 0. The second-order valence-electron chi connectivity index (χ2n) is 0.944. The van der Waals surface area contributed by atoms with Gasteiger partial charge in [0.05, 0.1) is 0 Å². The normalized spacial score (nSPS) is 11.3. The highest BCUT2D eigenvalue weighted by Crippen LogP contribution is 2.20. The Balaban J connectivity index is 3.79. The molecule has 7 heavy (non-hydrogen) atoms. The molecule has 1 nitrogen and oxygen atoms in total. The summed E-state index contributed by atoms with van der Waals surface area (Å²) >= 11 is 0. The first kappa shape index (κ1) is 6.33. The quantitative estimate of drug-likeness (QED) is 0.472. The monoisotopic (exact) mass is 112 g/mol. The average Bonchev–Trinajstić information content (AvgIpc) is 1.31. The summed E-state index contributed by atoms with van der Waals surface area (Å²) in [4.78, 5) is 0. The molecule has 42 valence electrons. The smallest absolute Gasteiger partial charge is 0.448 e. The molecule has 0 fully saturated rings. The van der Waals surface area contributed by atoms with E-state index in [0.29, 0.717) is 0 Å². The van der Waals surface area contributed by atoms with Gasteiger partial charge < -0.3 is 5.11 Å². The Bertz CT molecular complexity index is 82.7. The minimum Gasteiger partial charge on any atom is -0.505 e. The van der Waals surface area contributed by atoms with Crippen LogP contribution in [0.15, 0.2) is 12.3 Å². The van der Waals surface area contributed by atoms with Crippen LogP contribution in [-0.2, 0) is 0 Å². The molecule has 0 aromatic carbocycles. The number of rotatable bonds is 0.